The molecule has 0 radical (unpaired) electrons. The van der Waals surface area contributed by atoms with E-state index in [1.807, 2.05) is 42.5 Å². The first-order chi connectivity index (χ1) is 13.2. The van der Waals surface area contributed by atoms with Crippen molar-refractivity contribution in [3.63, 3.8) is 0 Å². The minimum absolute atomic E-state index is 0.0571. The zero-order valence-corrected chi connectivity index (χ0v) is 17.3. The van der Waals surface area contributed by atoms with Gasteiger partial charge in [-0.25, -0.2) is 9.97 Å². The lowest BCUT2D eigenvalue weighted by atomic mass is 10.1. The van der Waals surface area contributed by atoms with Gasteiger partial charge in [-0.1, -0.05) is 58.0 Å². The van der Waals surface area contributed by atoms with Crippen LogP contribution in [0.2, 0.25) is 0 Å². The number of hydrogen-bond donors (Lipinski definition) is 1. The first-order valence-corrected chi connectivity index (χ1v) is 10.8. The first-order valence-electron chi connectivity index (χ1n) is 8.16. The lowest BCUT2D eigenvalue weighted by Crippen LogP contribution is -2.14. The normalized spacial score (nSPS) is 10.9. The molecule has 0 aliphatic heterocycles. The van der Waals surface area contributed by atoms with Crippen molar-refractivity contribution in [2.75, 3.05) is 11.1 Å². The number of thioether (sulfide) groups is 1. The van der Waals surface area contributed by atoms with Crippen LogP contribution in [-0.2, 0) is 4.79 Å². The smallest absolute Gasteiger partial charge is 0.234 e. The number of carbonyl (C=O) groups excluding carboxylic acids is 1. The monoisotopic (exact) mass is 455 g/mol. The summed E-state index contributed by atoms with van der Waals surface area (Å²) in [6, 6.07) is 17.6. The predicted molar refractivity (Wildman–Crippen MR) is 116 cm³/mol. The molecular weight excluding hydrogens is 442 g/mol. The minimum Gasteiger partial charge on any atom is -0.325 e. The topological polar surface area (TPSA) is 54.9 Å². The third kappa shape index (κ3) is 4.21. The fourth-order valence-corrected chi connectivity index (χ4v) is 4.71. The molecule has 4 rings (SSSR count). The predicted octanol–water partition coefficient (Wildman–Crippen LogP) is 5.85. The number of nitrogens with zero attached hydrogens (tertiary/aromatic N) is 2. The Morgan fingerprint density at radius 3 is 2.63 bits per heavy atom. The zero-order valence-electron chi connectivity index (χ0n) is 14.1. The van der Waals surface area contributed by atoms with E-state index in [1.54, 1.807) is 17.7 Å². The van der Waals surface area contributed by atoms with Crippen LogP contribution in [0.5, 0.6) is 0 Å². The van der Waals surface area contributed by atoms with Gasteiger partial charge in [0.15, 0.2) is 0 Å². The highest BCUT2D eigenvalue weighted by atomic mass is 79.9. The number of amides is 1. The fourth-order valence-electron chi connectivity index (χ4n) is 2.65. The maximum atomic E-state index is 12.3. The van der Waals surface area contributed by atoms with Crippen LogP contribution in [0.4, 0.5) is 5.69 Å². The Bertz CT molecular complexity index is 1080. The van der Waals surface area contributed by atoms with Crippen molar-refractivity contribution in [3.8, 4) is 11.1 Å². The second-order valence-electron chi connectivity index (χ2n) is 5.72. The van der Waals surface area contributed by atoms with Gasteiger partial charge in [-0.2, -0.15) is 0 Å². The molecule has 0 atom stereocenters. The molecule has 1 N–H and O–H groups in total. The van der Waals surface area contributed by atoms with Crippen LogP contribution >= 0.6 is 39.0 Å². The van der Waals surface area contributed by atoms with E-state index in [-0.39, 0.29) is 11.7 Å². The number of benzene rings is 2. The summed E-state index contributed by atoms with van der Waals surface area (Å²) in [6.45, 7) is 0. The van der Waals surface area contributed by atoms with Crippen LogP contribution in [0.1, 0.15) is 0 Å². The van der Waals surface area contributed by atoms with Crippen LogP contribution < -0.4 is 5.32 Å². The Morgan fingerprint density at radius 2 is 1.85 bits per heavy atom. The lowest BCUT2D eigenvalue weighted by molar-refractivity contribution is -0.113. The molecule has 0 saturated carbocycles. The number of thiophene rings is 1. The van der Waals surface area contributed by atoms with E-state index in [4.69, 9.17) is 0 Å². The van der Waals surface area contributed by atoms with Crippen molar-refractivity contribution in [2.45, 2.75) is 5.03 Å². The Balaban J connectivity index is 1.57. The first kappa shape index (κ1) is 18.2. The molecule has 2 heterocycles. The molecule has 7 heteroatoms. The van der Waals surface area contributed by atoms with Gasteiger partial charge < -0.3 is 5.32 Å². The quantitative estimate of drug-likeness (QED) is 0.302. The Morgan fingerprint density at radius 1 is 1.07 bits per heavy atom. The van der Waals surface area contributed by atoms with Gasteiger partial charge in [0, 0.05) is 21.1 Å². The van der Waals surface area contributed by atoms with E-state index >= 15 is 0 Å². The van der Waals surface area contributed by atoms with Gasteiger partial charge in [-0.05, 0) is 29.8 Å². The Hall–Kier alpha value is -2.22. The summed E-state index contributed by atoms with van der Waals surface area (Å²) in [5.74, 6) is 0.231. The summed E-state index contributed by atoms with van der Waals surface area (Å²) in [4.78, 5) is 22.0. The molecule has 4 aromatic rings. The largest absolute Gasteiger partial charge is 0.325 e. The van der Waals surface area contributed by atoms with Crippen molar-refractivity contribution in [3.05, 3.63) is 70.8 Å². The number of nitrogens with one attached hydrogen (secondary N) is 1. The molecule has 0 fully saturated rings. The summed E-state index contributed by atoms with van der Waals surface area (Å²) >= 11 is 6.49. The average molecular weight is 456 g/mol. The Labute approximate surface area is 173 Å². The summed E-state index contributed by atoms with van der Waals surface area (Å²) in [7, 11) is 0. The summed E-state index contributed by atoms with van der Waals surface area (Å²) in [5, 5.41) is 6.82. The Kier molecular flexibility index (Phi) is 5.52. The third-order valence-corrected chi connectivity index (χ3v) is 6.29. The highest BCUT2D eigenvalue weighted by Crippen LogP contribution is 2.38. The molecular formula is C20H14BrN3OS2. The molecule has 2 aromatic heterocycles. The van der Waals surface area contributed by atoms with Crippen molar-refractivity contribution in [2.24, 2.45) is 0 Å². The van der Waals surface area contributed by atoms with Gasteiger partial charge in [0.05, 0.1) is 11.1 Å². The van der Waals surface area contributed by atoms with Crippen LogP contribution in [0.25, 0.3) is 21.3 Å². The minimum atomic E-state index is -0.0571. The number of halogens is 1. The number of aromatic nitrogens is 2. The molecule has 0 bridgehead atoms. The van der Waals surface area contributed by atoms with Gasteiger partial charge in [0.1, 0.15) is 16.2 Å². The molecule has 0 aliphatic carbocycles. The number of anilines is 1. The zero-order chi connectivity index (χ0) is 18.6. The SMILES string of the molecule is O=C(CSc1ncnc2scc(-c3ccc(Br)cc3)c12)Nc1ccccc1. The van der Waals surface area contributed by atoms with Crippen LogP contribution in [0.3, 0.4) is 0 Å². The van der Waals surface area contributed by atoms with Crippen molar-refractivity contribution >= 4 is 60.8 Å². The van der Waals surface area contributed by atoms with E-state index in [2.05, 4.69) is 48.7 Å². The molecule has 4 nitrogen and oxygen atoms in total. The molecule has 134 valence electrons. The number of hydrogen-bond acceptors (Lipinski definition) is 5. The van der Waals surface area contributed by atoms with Gasteiger partial charge in [-0.15, -0.1) is 11.3 Å². The van der Waals surface area contributed by atoms with Gasteiger partial charge in [-0.3, -0.25) is 4.79 Å². The lowest BCUT2D eigenvalue weighted by Gasteiger charge is -2.07. The highest BCUT2D eigenvalue weighted by molar-refractivity contribution is 9.10. The maximum Gasteiger partial charge on any atom is 0.234 e. The van der Waals surface area contributed by atoms with E-state index in [1.165, 1.54) is 11.8 Å². The fraction of sp³-hybridized carbons (Fsp3) is 0.0500. The average Bonchev–Trinajstić information content (AvgIpc) is 3.12. The van der Waals surface area contributed by atoms with E-state index < -0.39 is 0 Å². The molecule has 27 heavy (non-hydrogen) atoms. The van der Waals surface area contributed by atoms with Crippen LogP contribution in [0.15, 0.2) is 75.8 Å². The van der Waals surface area contributed by atoms with Crippen molar-refractivity contribution in [1.82, 2.24) is 9.97 Å². The molecule has 2 aromatic carbocycles. The number of fused-ring (bicyclic) bond motifs is 1. The number of carbonyl (C=O) groups is 1. The van der Waals surface area contributed by atoms with Crippen molar-refractivity contribution < 1.29 is 4.79 Å². The number of rotatable bonds is 5. The van der Waals surface area contributed by atoms with Gasteiger partial charge >= 0.3 is 0 Å². The third-order valence-electron chi connectivity index (χ3n) is 3.89. The summed E-state index contributed by atoms with van der Waals surface area (Å²) in [6.07, 6.45) is 1.56. The van der Waals surface area contributed by atoms with E-state index in [9.17, 15) is 4.79 Å². The summed E-state index contributed by atoms with van der Waals surface area (Å²) in [5.41, 5.74) is 2.99. The standard InChI is InChI=1S/C20H14BrN3OS2/c21-14-8-6-13(7-9-14)16-10-26-19-18(16)20(23-12-22-19)27-11-17(25)24-15-4-2-1-3-5-15/h1-10,12H,11H2,(H,24,25). The highest BCUT2D eigenvalue weighted by Gasteiger charge is 2.14. The molecule has 0 saturated heterocycles. The molecule has 1 amide bonds. The second kappa shape index (κ2) is 8.21. The molecule has 0 unspecified atom stereocenters. The number of para-hydroxylation sites is 1. The van der Waals surface area contributed by atoms with E-state index in [0.29, 0.717) is 0 Å². The van der Waals surface area contributed by atoms with Crippen LogP contribution in [0, 0.1) is 0 Å². The van der Waals surface area contributed by atoms with E-state index in [0.717, 1.165) is 36.5 Å². The summed E-state index contributed by atoms with van der Waals surface area (Å²) < 4.78 is 1.04. The van der Waals surface area contributed by atoms with Gasteiger partial charge in [0.25, 0.3) is 0 Å². The second-order valence-corrected chi connectivity index (χ2v) is 8.46. The molecule has 0 aliphatic rings. The molecule has 0 spiro atoms. The van der Waals surface area contributed by atoms with Gasteiger partial charge in [0.2, 0.25) is 5.91 Å². The van der Waals surface area contributed by atoms with Crippen LogP contribution in [-0.4, -0.2) is 21.6 Å². The van der Waals surface area contributed by atoms with Crippen molar-refractivity contribution in [1.29, 1.82) is 0 Å². The maximum absolute atomic E-state index is 12.3.